The third-order valence-electron chi connectivity index (χ3n) is 8.38. The summed E-state index contributed by atoms with van der Waals surface area (Å²) in [6.45, 7) is 3.81. The molecule has 240 valence electrons. The maximum absolute atomic E-state index is 13.3. The molecule has 0 bridgehead atoms. The SMILES string of the molecule is CCCCCCCCCCCCCCCCOCC(COP1(=O)OC2CCC[N+](C)(C)C2O1)OC(=O)c1ccccc1. The molecule has 0 aromatic heterocycles. The number of hydrogen-bond donors (Lipinski definition) is 0. The second-order valence-corrected chi connectivity index (χ2v) is 14.2. The highest BCUT2D eigenvalue weighted by Crippen LogP contribution is 2.60. The Balaban J connectivity index is 1.32. The molecule has 2 heterocycles. The number of esters is 1. The minimum absolute atomic E-state index is 0.124. The van der Waals surface area contributed by atoms with Gasteiger partial charge in [0.05, 0.1) is 39.4 Å². The van der Waals surface area contributed by atoms with Crippen molar-refractivity contribution in [2.75, 3.05) is 40.5 Å². The molecule has 4 unspecified atom stereocenters. The second-order valence-electron chi connectivity index (χ2n) is 12.6. The van der Waals surface area contributed by atoms with E-state index in [1.807, 2.05) is 20.2 Å². The molecule has 3 rings (SSSR count). The fourth-order valence-electron chi connectivity index (χ4n) is 5.80. The molecule has 4 atom stereocenters. The van der Waals surface area contributed by atoms with Crippen molar-refractivity contribution in [1.82, 2.24) is 0 Å². The molecule has 0 aliphatic carbocycles. The van der Waals surface area contributed by atoms with Gasteiger partial charge in [-0.25, -0.2) is 13.9 Å². The number of fused-ring (bicyclic) bond motifs is 1. The van der Waals surface area contributed by atoms with Gasteiger partial charge in [-0.2, -0.15) is 0 Å². The highest BCUT2D eigenvalue weighted by atomic mass is 31.2. The molecule has 0 radical (unpaired) electrons. The van der Waals surface area contributed by atoms with E-state index < -0.39 is 19.9 Å². The van der Waals surface area contributed by atoms with E-state index in [-0.39, 0.29) is 25.5 Å². The number of ether oxygens (including phenoxy) is 2. The maximum atomic E-state index is 13.3. The lowest BCUT2D eigenvalue weighted by molar-refractivity contribution is -0.939. The van der Waals surface area contributed by atoms with E-state index in [1.54, 1.807) is 24.3 Å². The first-order valence-electron chi connectivity index (χ1n) is 16.6. The Hall–Kier alpha value is -1.28. The number of quaternary nitrogens is 1. The Morgan fingerprint density at radius 1 is 0.881 bits per heavy atom. The van der Waals surface area contributed by atoms with Gasteiger partial charge in [0, 0.05) is 6.61 Å². The third kappa shape index (κ3) is 12.8. The smallest absolute Gasteiger partial charge is 0.454 e. The summed E-state index contributed by atoms with van der Waals surface area (Å²) in [7, 11) is 0.331. The Bertz CT molecular complexity index is 928. The molecular weight excluding hydrogens is 553 g/mol. The summed E-state index contributed by atoms with van der Waals surface area (Å²) >= 11 is 0. The van der Waals surface area contributed by atoms with Crippen LogP contribution in [0, 0.1) is 0 Å². The van der Waals surface area contributed by atoms with Crippen molar-refractivity contribution in [3.63, 3.8) is 0 Å². The molecular formula is C33H57NO7P+. The van der Waals surface area contributed by atoms with Crippen molar-refractivity contribution in [2.45, 2.75) is 128 Å². The van der Waals surface area contributed by atoms with Gasteiger partial charge >= 0.3 is 13.8 Å². The summed E-state index contributed by atoms with van der Waals surface area (Å²) in [4.78, 5) is 12.7. The first-order valence-corrected chi connectivity index (χ1v) is 18.1. The zero-order chi connectivity index (χ0) is 30.1. The van der Waals surface area contributed by atoms with Gasteiger partial charge in [-0.3, -0.25) is 9.05 Å². The number of nitrogens with zero attached hydrogens (tertiary/aromatic N) is 1. The summed E-state index contributed by atoms with van der Waals surface area (Å²) < 4.78 is 42.8. The average molecular weight is 611 g/mol. The van der Waals surface area contributed by atoms with Gasteiger partial charge < -0.3 is 14.0 Å². The van der Waals surface area contributed by atoms with Crippen molar-refractivity contribution in [1.29, 1.82) is 0 Å². The predicted molar refractivity (Wildman–Crippen MR) is 166 cm³/mol. The number of likely N-dealkylation sites (tertiary alicyclic amines) is 1. The molecule has 0 N–H and O–H groups in total. The van der Waals surface area contributed by atoms with Gasteiger partial charge in [-0.1, -0.05) is 109 Å². The highest BCUT2D eigenvalue weighted by molar-refractivity contribution is 7.48. The number of unbranched alkanes of at least 4 members (excludes halogenated alkanes) is 13. The van der Waals surface area contributed by atoms with Gasteiger partial charge in [-0.15, -0.1) is 0 Å². The lowest BCUT2D eigenvalue weighted by atomic mass is 10.0. The third-order valence-corrected chi connectivity index (χ3v) is 9.85. The summed E-state index contributed by atoms with van der Waals surface area (Å²) in [5.41, 5.74) is 0.444. The molecule has 1 aromatic carbocycles. The Labute approximate surface area is 255 Å². The quantitative estimate of drug-likeness (QED) is 0.0564. The number of hydrogen-bond acceptors (Lipinski definition) is 7. The molecule has 42 heavy (non-hydrogen) atoms. The zero-order valence-electron chi connectivity index (χ0n) is 26.5. The van der Waals surface area contributed by atoms with E-state index in [2.05, 4.69) is 6.92 Å². The van der Waals surface area contributed by atoms with Crippen LogP contribution in [0.1, 0.15) is 120 Å². The van der Waals surface area contributed by atoms with Crippen LogP contribution in [0.4, 0.5) is 0 Å². The lowest BCUT2D eigenvalue weighted by Gasteiger charge is -2.39. The summed E-state index contributed by atoms with van der Waals surface area (Å²) in [6.07, 6.45) is 18.7. The molecule has 0 saturated carbocycles. The van der Waals surface area contributed by atoms with Crippen LogP contribution in [0.25, 0.3) is 0 Å². The van der Waals surface area contributed by atoms with E-state index in [9.17, 15) is 9.36 Å². The first-order chi connectivity index (χ1) is 20.3. The van der Waals surface area contributed by atoms with E-state index in [0.717, 1.165) is 32.2 Å². The van der Waals surface area contributed by atoms with E-state index >= 15 is 0 Å². The predicted octanol–water partition coefficient (Wildman–Crippen LogP) is 8.45. The second kappa shape index (κ2) is 19.2. The number of phosphoric acid groups is 1. The molecule has 1 aromatic rings. The van der Waals surface area contributed by atoms with E-state index in [0.29, 0.717) is 16.7 Å². The van der Waals surface area contributed by atoms with Crippen LogP contribution in [0.5, 0.6) is 0 Å². The van der Waals surface area contributed by atoms with Gasteiger partial charge in [0.15, 0.2) is 0 Å². The van der Waals surface area contributed by atoms with Gasteiger partial charge in [0.2, 0.25) is 6.23 Å². The van der Waals surface area contributed by atoms with Gasteiger partial charge in [0.1, 0.15) is 12.2 Å². The lowest BCUT2D eigenvalue weighted by Crippen LogP contribution is -2.56. The molecule has 8 nitrogen and oxygen atoms in total. The molecule has 2 aliphatic heterocycles. The van der Waals surface area contributed by atoms with Crippen molar-refractivity contribution < 1.29 is 36.9 Å². The van der Waals surface area contributed by atoms with Gasteiger partial charge in [0.25, 0.3) is 0 Å². The van der Waals surface area contributed by atoms with Crippen LogP contribution in [-0.2, 0) is 27.6 Å². The molecule has 0 amide bonds. The fraction of sp³-hybridized carbons (Fsp3) is 0.788. The van der Waals surface area contributed by atoms with Crippen LogP contribution in [0.15, 0.2) is 30.3 Å². The van der Waals surface area contributed by atoms with Gasteiger partial charge in [-0.05, 0) is 31.4 Å². The van der Waals surface area contributed by atoms with E-state index in [4.69, 9.17) is 23.0 Å². The number of rotatable bonds is 22. The molecule has 2 fully saturated rings. The van der Waals surface area contributed by atoms with Crippen LogP contribution in [0.3, 0.4) is 0 Å². The first kappa shape index (κ1) is 35.2. The fourth-order valence-corrected chi connectivity index (χ4v) is 7.52. The van der Waals surface area contributed by atoms with E-state index in [1.165, 1.54) is 77.0 Å². The highest BCUT2D eigenvalue weighted by Gasteiger charge is 2.55. The van der Waals surface area contributed by atoms with Crippen LogP contribution >= 0.6 is 7.82 Å². The number of phosphoric ester groups is 1. The number of piperidine rings is 1. The normalized spacial score (nSPS) is 23.9. The molecule has 2 aliphatic rings. The van der Waals surface area contributed by atoms with Crippen molar-refractivity contribution >= 4 is 13.8 Å². The number of likely N-dealkylation sites (N-methyl/N-ethyl adjacent to an activating group) is 1. The topological polar surface area (TPSA) is 80.3 Å². The number of carbonyl (C=O) groups excluding carboxylic acids is 1. The Morgan fingerprint density at radius 3 is 2.07 bits per heavy atom. The zero-order valence-corrected chi connectivity index (χ0v) is 27.4. The minimum Gasteiger partial charge on any atom is -0.454 e. The largest absolute Gasteiger partial charge is 0.480 e. The molecule has 9 heteroatoms. The van der Waals surface area contributed by atoms with Crippen LogP contribution in [-0.4, -0.2) is 69.3 Å². The van der Waals surface area contributed by atoms with Crippen molar-refractivity contribution in [3.8, 4) is 0 Å². The van der Waals surface area contributed by atoms with Crippen LogP contribution < -0.4 is 0 Å². The maximum Gasteiger partial charge on any atom is 0.480 e. The standard InChI is InChI=1S/C33H57NO7P/c1-4-5-6-7-8-9-10-11-12-13-14-15-16-20-26-37-27-30(39-33(35)29-22-18-17-19-23-29)28-38-42(36)40-31-24-21-25-34(2,3)32(31)41-42/h17-19,22-23,30-32H,4-16,20-21,24-28H2,1-3H3/q+1. The average Bonchev–Trinajstić information content (AvgIpc) is 3.34. The summed E-state index contributed by atoms with van der Waals surface area (Å²) in [5.74, 6) is -0.470. The number of carbonyl (C=O) groups is 1. The Morgan fingerprint density at radius 2 is 1.48 bits per heavy atom. The van der Waals surface area contributed by atoms with Crippen molar-refractivity contribution in [3.05, 3.63) is 35.9 Å². The summed E-state index contributed by atoms with van der Waals surface area (Å²) in [6, 6.07) is 8.82. The minimum atomic E-state index is -3.76. The van der Waals surface area contributed by atoms with Crippen molar-refractivity contribution in [2.24, 2.45) is 0 Å². The molecule has 0 spiro atoms. The Kier molecular flexibility index (Phi) is 16.1. The monoisotopic (exact) mass is 610 g/mol. The van der Waals surface area contributed by atoms with Crippen LogP contribution in [0.2, 0.25) is 0 Å². The number of benzene rings is 1. The summed E-state index contributed by atoms with van der Waals surface area (Å²) in [5, 5.41) is 0. The molecule has 2 saturated heterocycles.